The maximum atomic E-state index is 14.9. The van der Waals surface area contributed by atoms with E-state index in [0.717, 1.165) is 43.0 Å². The Kier molecular flexibility index (Phi) is 8.26. The predicted octanol–water partition coefficient (Wildman–Crippen LogP) is 3.01. The number of benzene rings is 2. The fourth-order valence-corrected chi connectivity index (χ4v) is 4.84. The first-order chi connectivity index (χ1) is 18.2. The zero-order chi connectivity index (χ0) is 27.4. The Hall–Kier alpha value is -3.99. The van der Waals surface area contributed by atoms with Gasteiger partial charge in [0.05, 0.1) is 6.54 Å². The summed E-state index contributed by atoms with van der Waals surface area (Å²) in [6, 6.07) is 15.7. The number of ether oxygens (including phenoxy) is 5. The van der Waals surface area contributed by atoms with Gasteiger partial charge < -0.3 is 29.0 Å². The number of alkyl halides is 1. The standard InChI is InChI=1S/C27H28FNO9/c1-14(30)35-23-22(38-26(28)25(37-16(3)32)24(23)36-15(2)31)12-29-27(33)34-13-21-19-10-6-4-8-17(19)18-9-5-7-11-20(18)21/h4-11,21-26H,12-13H2,1-3H3,(H,29,33)/t22-,23+,24+,25-,26?/m1/s1. The monoisotopic (exact) mass is 529 g/mol. The molecule has 2 aromatic rings. The highest BCUT2D eigenvalue weighted by Crippen LogP contribution is 2.44. The van der Waals surface area contributed by atoms with Crippen LogP contribution >= 0.6 is 0 Å². The molecule has 1 unspecified atom stereocenters. The van der Waals surface area contributed by atoms with E-state index < -0.39 is 54.8 Å². The topological polar surface area (TPSA) is 126 Å². The number of hydrogen-bond acceptors (Lipinski definition) is 9. The van der Waals surface area contributed by atoms with Crippen molar-refractivity contribution in [3.05, 3.63) is 59.7 Å². The highest BCUT2D eigenvalue weighted by atomic mass is 19.1. The van der Waals surface area contributed by atoms with Crippen molar-refractivity contribution in [3.63, 3.8) is 0 Å². The van der Waals surface area contributed by atoms with Crippen molar-refractivity contribution in [1.82, 2.24) is 5.32 Å². The summed E-state index contributed by atoms with van der Waals surface area (Å²) in [5.74, 6) is -2.61. The van der Waals surface area contributed by atoms with Gasteiger partial charge in [-0.25, -0.2) is 9.18 Å². The maximum Gasteiger partial charge on any atom is 0.407 e. The van der Waals surface area contributed by atoms with Gasteiger partial charge in [0.1, 0.15) is 12.7 Å². The Bertz CT molecular complexity index is 1170. The zero-order valence-corrected chi connectivity index (χ0v) is 21.0. The summed E-state index contributed by atoms with van der Waals surface area (Å²) in [5.41, 5.74) is 4.22. The molecule has 2 aromatic carbocycles. The van der Waals surface area contributed by atoms with Gasteiger partial charge >= 0.3 is 24.0 Å². The minimum absolute atomic E-state index is 0.0507. The summed E-state index contributed by atoms with van der Waals surface area (Å²) in [5, 5.41) is 2.49. The van der Waals surface area contributed by atoms with Crippen LogP contribution in [0.4, 0.5) is 9.18 Å². The van der Waals surface area contributed by atoms with Gasteiger partial charge in [-0.05, 0) is 22.3 Å². The molecule has 38 heavy (non-hydrogen) atoms. The number of halogens is 1. The molecular formula is C27H28FNO9. The molecule has 2 aliphatic rings. The molecule has 5 atom stereocenters. The number of fused-ring (bicyclic) bond motifs is 3. The van der Waals surface area contributed by atoms with Crippen molar-refractivity contribution in [3.8, 4) is 11.1 Å². The average molecular weight is 530 g/mol. The van der Waals surface area contributed by atoms with Crippen molar-refractivity contribution in [2.75, 3.05) is 13.2 Å². The fraction of sp³-hybridized carbons (Fsp3) is 0.407. The molecule has 1 aliphatic heterocycles. The van der Waals surface area contributed by atoms with Crippen molar-refractivity contribution in [2.45, 2.75) is 57.5 Å². The Morgan fingerprint density at radius 1 is 0.789 bits per heavy atom. The summed E-state index contributed by atoms with van der Waals surface area (Å²) in [6.45, 7) is 2.92. The molecule has 1 N–H and O–H groups in total. The summed E-state index contributed by atoms with van der Waals surface area (Å²) in [6.07, 6.45) is -8.85. The van der Waals surface area contributed by atoms with Gasteiger partial charge in [0, 0.05) is 26.7 Å². The molecule has 0 radical (unpaired) electrons. The third kappa shape index (κ3) is 5.94. The average Bonchev–Trinajstić information content (AvgIpc) is 3.18. The van der Waals surface area contributed by atoms with Gasteiger partial charge in [-0.15, -0.1) is 0 Å². The van der Waals surface area contributed by atoms with Crippen LogP contribution in [0.3, 0.4) is 0 Å². The van der Waals surface area contributed by atoms with Crippen LogP contribution in [0.1, 0.15) is 37.8 Å². The molecule has 11 heteroatoms. The van der Waals surface area contributed by atoms with E-state index in [2.05, 4.69) is 5.32 Å². The first-order valence-electron chi connectivity index (χ1n) is 12.1. The highest BCUT2D eigenvalue weighted by Gasteiger charge is 2.52. The van der Waals surface area contributed by atoms with Crippen molar-refractivity contribution < 1.29 is 47.3 Å². The SMILES string of the molecule is CC(=O)O[C@@H]1[C@H](OC(C)=O)[C@@H](OC(C)=O)C(F)O[C@@H]1CNC(=O)OCC1c2ccccc2-c2ccccc21. The largest absolute Gasteiger partial charge is 0.456 e. The minimum Gasteiger partial charge on any atom is -0.456 e. The van der Waals surface area contributed by atoms with Crippen LogP contribution in [0.2, 0.25) is 0 Å². The number of carbonyl (C=O) groups excluding carboxylic acids is 4. The summed E-state index contributed by atoms with van der Waals surface area (Å²) >= 11 is 0. The second kappa shape index (κ2) is 11.6. The second-order valence-corrected chi connectivity index (χ2v) is 8.95. The van der Waals surface area contributed by atoms with Crippen molar-refractivity contribution >= 4 is 24.0 Å². The van der Waals surface area contributed by atoms with Crippen molar-refractivity contribution in [2.24, 2.45) is 0 Å². The first-order valence-corrected chi connectivity index (χ1v) is 12.1. The van der Waals surface area contributed by atoms with Crippen LogP contribution < -0.4 is 5.32 Å². The number of carbonyl (C=O) groups is 4. The molecule has 1 fully saturated rings. The molecule has 4 rings (SSSR count). The number of esters is 3. The van der Waals surface area contributed by atoms with Gasteiger partial charge in [-0.3, -0.25) is 14.4 Å². The normalized spacial score (nSPS) is 23.9. The Labute approximate surface area is 218 Å². The summed E-state index contributed by atoms with van der Waals surface area (Å²) in [4.78, 5) is 47.5. The van der Waals surface area contributed by atoms with Gasteiger partial charge in [-0.1, -0.05) is 48.5 Å². The number of hydrogen-bond donors (Lipinski definition) is 1. The number of alkyl carbamates (subject to hydrolysis) is 1. The minimum atomic E-state index is -2.22. The molecule has 0 spiro atoms. The molecular weight excluding hydrogens is 501 g/mol. The van der Waals surface area contributed by atoms with E-state index in [-0.39, 0.29) is 19.1 Å². The fourth-order valence-electron chi connectivity index (χ4n) is 4.84. The molecule has 0 saturated carbocycles. The van der Waals surface area contributed by atoms with E-state index in [1.807, 2.05) is 48.5 Å². The van der Waals surface area contributed by atoms with Crippen LogP contribution in [0.15, 0.2) is 48.5 Å². The highest BCUT2D eigenvalue weighted by molar-refractivity contribution is 5.79. The number of rotatable bonds is 7. The maximum absolute atomic E-state index is 14.9. The molecule has 1 amide bonds. The van der Waals surface area contributed by atoms with E-state index in [0.29, 0.717) is 0 Å². The van der Waals surface area contributed by atoms with Gasteiger partial charge in [0.25, 0.3) is 0 Å². The number of amides is 1. The molecule has 1 saturated heterocycles. The molecule has 0 bridgehead atoms. The van der Waals surface area contributed by atoms with E-state index in [4.69, 9.17) is 23.7 Å². The third-order valence-corrected chi connectivity index (χ3v) is 6.27. The van der Waals surface area contributed by atoms with Crippen LogP contribution in [-0.4, -0.2) is 67.9 Å². The molecule has 10 nitrogen and oxygen atoms in total. The predicted molar refractivity (Wildman–Crippen MR) is 130 cm³/mol. The Morgan fingerprint density at radius 3 is 1.84 bits per heavy atom. The van der Waals surface area contributed by atoms with E-state index in [1.54, 1.807) is 0 Å². The van der Waals surface area contributed by atoms with E-state index in [9.17, 15) is 23.6 Å². The number of nitrogens with one attached hydrogen (secondary N) is 1. The van der Waals surface area contributed by atoms with Gasteiger partial charge in [-0.2, -0.15) is 0 Å². The van der Waals surface area contributed by atoms with Crippen molar-refractivity contribution in [1.29, 1.82) is 0 Å². The van der Waals surface area contributed by atoms with Gasteiger partial charge in [0.2, 0.25) is 6.36 Å². The van der Waals surface area contributed by atoms with E-state index >= 15 is 0 Å². The van der Waals surface area contributed by atoms with Gasteiger partial charge in [0.15, 0.2) is 18.3 Å². The van der Waals surface area contributed by atoms with E-state index in [1.165, 1.54) is 0 Å². The third-order valence-electron chi connectivity index (χ3n) is 6.27. The lowest BCUT2D eigenvalue weighted by atomic mass is 9.98. The van der Waals surface area contributed by atoms with Crippen LogP contribution in [0, 0.1) is 0 Å². The first kappa shape index (κ1) is 27.1. The Morgan fingerprint density at radius 2 is 1.29 bits per heavy atom. The van der Waals surface area contributed by atoms with Crippen LogP contribution in [0.25, 0.3) is 11.1 Å². The molecule has 0 aromatic heterocycles. The lowest BCUT2D eigenvalue weighted by Gasteiger charge is -2.42. The zero-order valence-electron chi connectivity index (χ0n) is 21.0. The summed E-state index contributed by atoms with van der Waals surface area (Å²) in [7, 11) is 0. The smallest absolute Gasteiger partial charge is 0.407 e. The van der Waals surface area contributed by atoms with Crippen LogP contribution in [-0.2, 0) is 38.1 Å². The van der Waals surface area contributed by atoms with Crippen LogP contribution in [0.5, 0.6) is 0 Å². The molecule has 202 valence electrons. The molecule has 1 heterocycles. The lowest BCUT2D eigenvalue weighted by Crippen LogP contribution is -2.62. The summed E-state index contributed by atoms with van der Waals surface area (Å²) < 4.78 is 40.9. The lowest BCUT2D eigenvalue weighted by molar-refractivity contribution is -0.270. The Balaban J connectivity index is 1.43. The second-order valence-electron chi connectivity index (χ2n) is 8.95. The quantitative estimate of drug-likeness (QED) is 0.425. The molecule has 1 aliphatic carbocycles.